The fourth-order valence-electron chi connectivity index (χ4n) is 4.85. The molecule has 0 unspecified atom stereocenters. The molecular formula is C21H32O2. The minimum atomic E-state index is 0.0939. The fourth-order valence-corrected chi connectivity index (χ4v) is 4.85. The lowest BCUT2D eigenvalue weighted by atomic mass is 9.66. The average Bonchev–Trinajstić information content (AvgIpc) is 2.56. The maximum absolute atomic E-state index is 11.2. The molecule has 128 valence electrons. The number of hydrogen-bond acceptors (Lipinski definition) is 2. The highest BCUT2D eigenvalue weighted by molar-refractivity contribution is 5.53. The molecule has 1 aromatic carbocycles. The third-order valence-electron chi connectivity index (χ3n) is 6.53. The summed E-state index contributed by atoms with van der Waals surface area (Å²) in [6.07, 6.45) is 12.4. The van der Waals surface area contributed by atoms with Crippen molar-refractivity contribution in [1.29, 1.82) is 0 Å². The van der Waals surface area contributed by atoms with Crippen LogP contribution < -0.4 is 4.74 Å². The average molecular weight is 316 g/mol. The summed E-state index contributed by atoms with van der Waals surface area (Å²) in [5.74, 6) is 1.46. The maximum Gasteiger partial charge on any atom is 0.123 e. The Morgan fingerprint density at radius 2 is 1.17 bits per heavy atom. The van der Waals surface area contributed by atoms with Crippen molar-refractivity contribution in [3.8, 4) is 11.5 Å². The van der Waals surface area contributed by atoms with Gasteiger partial charge in [-0.25, -0.2) is 0 Å². The zero-order valence-electron chi connectivity index (χ0n) is 15.1. The zero-order chi connectivity index (χ0) is 16.5. The van der Waals surface area contributed by atoms with Crippen LogP contribution in [0.3, 0.4) is 0 Å². The molecule has 0 spiro atoms. The smallest absolute Gasteiger partial charge is 0.123 e. The molecule has 2 saturated carbocycles. The Morgan fingerprint density at radius 1 is 0.783 bits per heavy atom. The molecule has 0 amide bonds. The molecule has 2 nitrogen and oxygen atoms in total. The van der Waals surface area contributed by atoms with Crippen LogP contribution in [-0.2, 0) is 10.8 Å². The van der Waals surface area contributed by atoms with E-state index in [4.69, 9.17) is 4.74 Å². The molecule has 0 saturated heterocycles. The molecule has 0 aromatic heterocycles. The van der Waals surface area contributed by atoms with E-state index in [0.29, 0.717) is 5.75 Å². The van der Waals surface area contributed by atoms with Gasteiger partial charge in [0.1, 0.15) is 11.5 Å². The molecule has 2 aliphatic rings. The number of hydrogen-bond donors (Lipinski definition) is 1. The summed E-state index contributed by atoms with van der Waals surface area (Å²) in [6.45, 7) is 4.65. The van der Waals surface area contributed by atoms with Gasteiger partial charge in [-0.1, -0.05) is 52.4 Å². The van der Waals surface area contributed by atoms with E-state index in [9.17, 15) is 5.11 Å². The van der Waals surface area contributed by atoms with Crippen LogP contribution in [0.25, 0.3) is 0 Å². The summed E-state index contributed by atoms with van der Waals surface area (Å²) < 4.78 is 5.61. The van der Waals surface area contributed by atoms with Gasteiger partial charge < -0.3 is 9.84 Å². The number of benzene rings is 1. The molecule has 23 heavy (non-hydrogen) atoms. The van der Waals surface area contributed by atoms with Crippen LogP contribution in [-0.4, -0.2) is 12.2 Å². The second-order valence-electron chi connectivity index (χ2n) is 8.31. The van der Waals surface area contributed by atoms with E-state index in [2.05, 4.69) is 26.0 Å². The molecule has 0 aliphatic heterocycles. The molecular weight excluding hydrogens is 284 g/mol. The predicted octanol–water partition coefficient (Wildman–Crippen LogP) is 5.84. The standard InChI is InChI=1S/C21H32O2/c1-20(10-6-4-7-11-20)17-14-16(23-3)15-18(19(17)22)21(2)12-8-5-9-13-21/h14-15,22H,4-13H2,1-3H3. The Hall–Kier alpha value is -1.18. The van der Waals surface area contributed by atoms with E-state index >= 15 is 0 Å². The molecule has 2 heteroatoms. The SMILES string of the molecule is COc1cc(C2(C)CCCCC2)c(O)c(C2(C)CCCCC2)c1. The Bertz CT molecular complexity index is 504. The van der Waals surface area contributed by atoms with Gasteiger partial charge in [0, 0.05) is 11.1 Å². The van der Waals surface area contributed by atoms with Crippen LogP contribution in [0.4, 0.5) is 0 Å². The topological polar surface area (TPSA) is 29.5 Å². The van der Waals surface area contributed by atoms with Gasteiger partial charge in [-0.3, -0.25) is 0 Å². The summed E-state index contributed by atoms with van der Waals surface area (Å²) in [5.41, 5.74) is 2.43. The van der Waals surface area contributed by atoms with Gasteiger partial charge in [0.2, 0.25) is 0 Å². The van der Waals surface area contributed by atoms with Gasteiger partial charge in [-0.05, 0) is 48.6 Å². The number of ether oxygens (including phenoxy) is 1. The number of rotatable bonds is 3. The summed E-state index contributed by atoms with van der Waals surface area (Å²) in [7, 11) is 1.74. The lowest BCUT2D eigenvalue weighted by Crippen LogP contribution is -2.29. The van der Waals surface area contributed by atoms with E-state index in [1.807, 2.05) is 0 Å². The van der Waals surface area contributed by atoms with E-state index in [1.54, 1.807) is 7.11 Å². The highest BCUT2D eigenvalue weighted by atomic mass is 16.5. The highest BCUT2D eigenvalue weighted by Crippen LogP contribution is 2.50. The number of aromatic hydroxyl groups is 1. The normalized spacial score (nSPS) is 23.4. The van der Waals surface area contributed by atoms with Crippen molar-refractivity contribution >= 4 is 0 Å². The number of phenols is 1. The first kappa shape index (κ1) is 16.7. The monoisotopic (exact) mass is 316 g/mol. The van der Waals surface area contributed by atoms with Gasteiger partial charge in [0.25, 0.3) is 0 Å². The second kappa shape index (κ2) is 6.37. The third kappa shape index (κ3) is 3.09. The summed E-state index contributed by atoms with van der Waals surface area (Å²) in [5, 5.41) is 11.2. The first-order chi connectivity index (χ1) is 11.0. The Morgan fingerprint density at radius 3 is 1.52 bits per heavy atom. The highest BCUT2D eigenvalue weighted by Gasteiger charge is 2.37. The first-order valence-corrected chi connectivity index (χ1v) is 9.40. The Balaban J connectivity index is 2.08. The van der Waals surface area contributed by atoms with Crippen LogP contribution in [0.1, 0.15) is 89.2 Å². The molecule has 1 aromatic rings. The first-order valence-electron chi connectivity index (χ1n) is 9.40. The molecule has 1 N–H and O–H groups in total. The van der Waals surface area contributed by atoms with Crippen molar-refractivity contribution in [3.05, 3.63) is 23.3 Å². The van der Waals surface area contributed by atoms with Crippen LogP contribution in [0.5, 0.6) is 11.5 Å². The molecule has 0 atom stereocenters. The van der Waals surface area contributed by atoms with Gasteiger partial charge >= 0.3 is 0 Å². The summed E-state index contributed by atoms with van der Waals surface area (Å²) >= 11 is 0. The molecule has 2 fully saturated rings. The minimum absolute atomic E-state index is 0.0939. The fraction of sp³-hybridized carbons (Fsp3) is 0.714. The van der Waals surface area contributed by atoms with Crippen molar-refractivity contribution in [2.45, 2.75) is 88.9 Å². The third-order valence-corrected chi connectivity index (χ3v) is 6.53. The zero-order valence-corrected chi connectivity index (χ0v) is 15.1. The van der Waals surface area contributed by atoms with Gasteiger partial charge in [0.05, 0.1) is 7.11 Å². The van der Waals surface area contributed by atoms with Crippen molar-refractivity contribution < 1.29 is 9.84 Å². The van der Waals surface area contributed by atoms with Crippen molar-refractivity contribution in [1.82, 2.24) is 0 Å². The number of methoxy groups -OCH3 is 1. The van der Waals surface area contributed by atoms with E-state index < -0.39 is 0 Å². The van der Waals surface area contributed by atoms with Crippen LogP contribution in [0, 0.1) is 0 Å². The van der Waals surface area contributed by atoms with Crippen molar-refractivity contribution in [2.75, 3.05) is 7.11 Å². The Labute approximate surface area is 141 Å². The molecule has 0 bridgehead atoms. The summed E-state index contributed by atoms with van der Waals surface area (Å²) in [6, 6.07) is 4.19. The lowest BCUT2D eigenvalue weighted by Gasteiger charge is -2.39. The number of phenolic OH excluding ortho intramolecular Hbond substituents is 1. The van der Waals surface area contributed by atoms with Crippen LogP contribution in [0.2, 0.25) is 0 Å². The van der Waals surface area contributed by atoms with Gasteiger partial charge in [0.15, 0.2) is 0 Å². The minimum Gasteiger partial charge on any atom is -0.507 e. The van der Waals surface area contributed by atoms with Crippen LogP contribution in [0.15, 0.2) is 12.1 Å². The van der Waals surface area contributed by atoms with Crippen molar-refractivity contribution in [3.63, 3.8) is 0 Å². The quantitative estimate of drug-likeness (QED) is 0.758. The van der Waals surface area contributed by atoms with E-state index in [1.165, 1.54) is 64.2 Å². The molecule has 3 rings (SSSR count). The second-order valence-corrected chi connectivity index (χ2v) is 8.31. The van der Waals surface area contributed by atoms with E-state index in [-0.39, 0.29) is 10.8 Å². The lowest BCUT2D eigenvalue weighted by molar-refractivity contribution is 0.287. The maximum atomic E-state index is 11.2. The van der Waals surface area contributed by atoms with E-state index in [0.717, 1.165) is 16.9 Å². The van der Waals surface area contributed by atoms with Crippen molar-refractivity contribution in [2.24, 2.45) is 0 Å². The Kier molecular flexibility index (Phi) is 4.62. The molecule has 2 aliphatic carbocycles. The predicted molar refractivity (Wildman–Crippen MR) is 95.5 cm³/mol. The van der Waals surface area contributed by atoms with Crippen LogP contribution >= 0.6 is 0 Å². The molecule has 0 radical (unpaired) electrons. The largest absolute Gasteiger partial charge is 0.507 e. The summed E-state index contributed by atoms with van der Waals surface area (Å²) in [4.78, 5) is 0. The van der Waals surface area contributed by atoms with Gasteiger partial charge in [-0.2, -0.15) is 0 Å². The molecule has 0 heterocycles. The van der Waals surface area contributed by atoms with Gasteiger partial charge in [-0.15, -0.1) is 0 Å².